The van der Waals surface area contributed by atoms with Gasteiger partial charge in [-0.3, -0.25) is 9.79 Å². The Morgan fingerprint density at radius 1 is 1.21 bits per heavy atom. The maximum atomic E-state index is 12.6. The van der Waals surface area contributed by atoms with Crippen LogP contribution in [0.4, 0.5) is 5.69 Å². The quantitative estimate of drug-likeness (QED) is 0.381. The number of hydrogen-bond donors (Lipinski definition) is 2. The van der Waals surface area contributed by atoms with Crippen LogP contribution in [0.2, 0.25) is 0 Å². The van der Waals surface area contributed by atoms with Crippen molar-refractivity contribution < 1.29 is 9.53 Å². The third-order valence-electron chi connectivity index (χ3n) is 4.78. The zero-order valence-corrected chi connectivity index (χ0v) is 18.8. The Balaban J connectivity index is 0.00000280. The highest BCUT2D eigenvalue weighted by Gasteiger charge is 2.24. The lowest BCUT2D eigenvalue weighted by molar-refractivity contribution is -0.117. The number of nitrogens with zero attached hydrogens (tertiary/aromatic N) is 2. The van der Waals surface area contributed by atoms with Crippen molar-refractivity contribution >= 4 is 41.5 Å². The van der Waals surface area contributed by atoms with Crippen LogP contribution in [-0.2, 0) is 11.2 Å². The van der Waals surface area contributed by atoms with E-state index in [1.54, 1.807) is 14.2 Å². The lowest BCUT2D eigenvalue weighted by Gasteiger charge is -2.21. The molecule has 0 fully saturated rings. The van der Waals surface area contributed by atoms with Crippen molar-refractivity contribution in [3.63, 3.8) is 0 Å². The van der Waals surface area contributed by atoms with E-state index in [0.717, 1.165) is 30.0 Å². The normalized spacial score (nSPS) is 14.0. The molecule has 1 unspecified atom stereocenters. The molecular weight excluding hydrogens is 467 g/mol. The molecule has 3 rings (SSSR count). The van der Waals surface area contributed by atoms with Crippen molar-refractivity contribution in [2.24, 2.45) is 4.99 Å². The van der Waals surface area contributed by atoms with Crippen LogP contribution in [0.25, 0.3) is 0 Å². The van der Waals surface area contributed by atoms with Gasteiger partial charge in [0.25, 0.3) is 0 Å². The van der Waals surface area contributed by atoms with Crippen molar-refractivity contribution in [3.05, 3.63) is 59.7 Å². The van der Waals surface area contributed by atoms with Gasteiger partial charge in [-0.25, -0.2) is 0 Å². The summed E-state index contributed by atoms with van der Waals surface area (Å²) in [6, 6.07) is 15.9. The topological polar surface area (TPSA) is 66.0 Å². The van der Waals surface area contributed by atoms with E-state index in [2.05, 4.69) is 21.7 Å². The highest BCUT2D eigenvalue weighted by Crippen LogP contribution is 2.27. The third kappa shape index (κ3) is 4.95. The van der Waals surface area contributed by atoms with Crippen molar-refractivity contribution in [2.75, 3.05) is 32.1 Å². The zero-order chi connectivity index (χ0) is 19.2. The first-order chi connectivity index (χ1) is 13.1. The number of hydrogen-bond acceptors (Lipinski definition) is 3. The predicted octanol–water partition coefficient (Wildman–Crippen LogP) is 3.13. The number of amides is 1. The number of methoxy groups -OCH3 is 1. The summed E-state index contributed by atoms with van der Waals surface area (Å²) in [5.41, 5.74) is 3.26. The van der Waals surface area contributed by atoms with Crippen LogP contribution >= 0.6 is 24.0 Å². The molecule has 0 spiro atoms. The van der Waals surface area contributed by atoms with E-state index in [0.29, 0.717) is 5.96 Å². The molecule has 2 N–H and O–H groups in total. The smallest absolute Gasteiger partial charge is 0.246 e. The number of ether oxygens (including phenoxy) is 1. The summed E-state index contributed by atoms with van der Waals surface area (Å²) in [7, 11) is 3.35. The number of guanidine groups is 1. The lowest BCUT2D eigenvalue weighted by atomic mass is 10.1. The summed E-state index contributed by atoms with van der Waals surface area (Å²) in [5.74, 6) is 1.43. The van der Waals surface area contributed by atoms with Crippen LogP contribution < -0.4 is 20.3 Å². The predicted molar refractivity (Wildman–Crippen MR) is 124 cm³/mol. The van der Waals surface area contributed by atoms with Crippen LogP contribution in [0.15, 0.2) is 53.5 Å². The monoisotopic (exact) mass is 494 g/mol. The fraction of sp³-hybridized carbons (Fsp3) is 0.333. The van der Waals surface area contributed by atoms with Gasteiger partial charge in [0.1, 0.15) is 5.75 Å². The number of anilines is 1. The number of nitrogens with one attached hydrogen (secondary N) is 2. The van der Waals surface area contributed by atoms with Crippen LogP contribution in [0.3, 0.4) is 0 Å². The Bertz CT molecular complexity index is 841. The Hall–Kier alpha value is -2.29. The standard InChI is InChI=1S/C21H26N4O2.HI/c1-15(17-9-5-7-11-19(17)27-3)24-21(22-2)23-14-20(26)25-13-12-16-8-4-6-10-18(16)25;/h4-11,15H,12-14H2,1-3H3,(H2,22,23,24);1H. The van der Waals surface area contributed by atoms with Crippen molar-refractivity contribution in [1.82, 2.24) is 10.6 Å². The molecule has 150 valence electrons. The second kappa shape index (κ2) is 10.3. The molecule has 1 aliphatic heterocycles. The Labute approximate surface area is 183 Å². The minimum atomic E-state index is -0.0186. The van der Waals surface area contributed by atoms with Gasteiger partial charge in [0.05, 0.1) is 19.7 Å². The van der Waals surface area contributed by atoms with Gasteiger partial charge in [-0.05, 0) is 31.0 Å². The van der Waals surface area contributed by atoms with E-state index in [1.807, 2.05) is 54.3 Å². The molecule has 1 heterocycles. The van der Waals surface area contributed by atoms with E-state index in [4.69, 9.17) is 4.74 Å². The van der Waals surface area contributed by atoms with Gasteiger partial charge in [-0.2, -0.15) is 0 Å². The molecule has 1 amide bonds. The number of fused-ring (bicyclic) bond motifs is 1. The van der Waals surface area contributed by atoms with Crippen LogP contribution in [0, 0.1) is 0 Å². The molecule has 2 aromatic carbocycles. The second-order valence-electron chi connectivity index (χ2n) is 6.46. The molecule has 1 atom stereocenters. The molecule has 28 heavy (non-hydrogen) atoms. The highest BCUT2D eigenvalue weighted by atomic mass is 127. The molecule has 0 aromatic heterocycles. The molecule has 1 aliphatic rings. The van der Waals surface area contributed by atoms with E-state index in [1.165, 1.54) is 5.56 Å². The molecule has 0 aliphatic carbocycles. The third-order valence-corrected chi connectivity index (χ3v) is 4.78. The first kappa shape index (κ1) is 22.0. The minimum absolute atomic E-state index is 0. The fourth-order valence-electron chi connectivity index (χ4n) is 3.35. The largest absolute Gasteiger partial charge is 0.496 e. The van der Waals surface area contributed by atoms with Crippen LogP contribution in [0.1, 0.15) is 24.1 Å². The summed E-state index contributed by atoms with van der Waals surface area (Å²) < 4.78 is 5.42. The summed E-state index contributed by atoms with van der Waals surface area (Å²) in [6.07, 6.45) is 0.903. The van der Waals surface area contributed by atoms with Crippen molar-refractivity contribution in [1.29, 1.82) is 0 Å². The van der Waals surface area contributed by atoms with E-state index in [-0.39, 0.29) is 42.5 Å². The first-order valence-corrected chi connectivity index (χ1v) is 9.12. The molecule has 0 saturated carbocycles. The second-order valence-corrected chi connectivity index (χ2v) is 6.46. The number of carbonyl (C=O) groups is 1. The summed E-state index contributed by atoms with van der Waals surface area (Å²) >= 11 is 0. The first-order valence-electron chi connectivity index (χ1n) is 9.12. The number of benzene rings is 2. The van der Waals surface area contributed by atoms with Gasteiger partial charge in [0.15, 0.2) is 5.96 Å². The molecule has 7 heteroatoms. The SMILES string of the molecule is CN=C(NCC(=O)N1CCc2ccccc21)NC(C)c1ccccc1OC.I. The molecular formula is C21H27IN4O2. The maximum Gasteiger partial charge on any atom is 0.246 e. The van der Waals surface area contributed by atoms with Crippen LogP contribution in [0.5, 0.6) is 5.75 Å². The molecule has 0 saturated heterocycles. The van der Waals surface area contributed by atoms with Crippen molar-refractivity contribution in [3.8, 4) is 5.75 Å². The Morgan fingerprint density at radius 3 is 2.68 bits per heavy atom. The van der Waals surface area contributed by atoms with E-state index in [9.17, 15) is 4.79 Å². The zero-order valence-electron chi connectivity index (χ0n) is 16.4. The number of para-hydroxylation sites is 2. The molecule has 0 radical (unpaired) electrons. The van der Waals surface area contributed by atoms with Gasteiger partial charge in [0, 0.05) is 24.8 Å². The summed E-state index contributed by atoms with van der Waals surface area (Å²) in [4.78, 5) is 18.7. The average Bonchev–Trinajstić information content (AvgIpc) is 3.14. The molecule has 0 bridgehead atoms. The van der Waals surface area contributed by atoms with Crippen LogP contribution in [-0.4, -0.2) is 39.1 Å². The minimum Gasteiger partial charge on any atom is -0.496 e. The summed E-state index contributed by atoms with van der Waals surface area (Å²) in [6.45, 7) is 2.94. The molecule has 6 nitrogen and oxygen atoms in total. The Morgan fingerprint density at radius 2 is 1.93 bits per heavy atom. The highest BCUT2D eigenvalue weighted by molar-refractivity contribution is 14.0. The van der Waals surface area contributed by atoms with E-state index < -0.39 is 0 Å². The number of halogens is 1. The van der Waals surface area contributed by atoms with Gasteiger partial charge in [0.2, 0.25) is 5.91 Å². The van der Waals surface area contributed by atoms with E-state index >= 15 is 0 Å². The van der Waals surface area contributed by atoms with Crippen molar-refractivity contribution in [2.45, 2.75) is 19.4 Å². The number of carbonyl (C=O) groups excluding carboxylic acids is 1. The van der Waals surface area contributed by atoms with Gasteiger partial charge in [-0.15, -0.1) is 24.0 Å². The summed E-state index contributed by atoms with van der Waals surface area (Å²) in [5, 5.41) is 6.43. The van der Waals surface area contributed by atoms with Gasteiger partial charge >= 0.3 is 0 Å². The molecule has 2 aromatic rings. The fourth-order valence-corrected chi connectivity index (χ4v) is 3.35. The number of rotatable bonds is 5. The van der Waals surface area contributed by atoms with Gasteiger partial charge in [-0.1, -0.05) is 36.4 Å². The lowest BCUT2D eigenvalue weighted by Crippen LogP contribution is -2.45. The van der Waals surface area contributed by atoms with Gasteiger partial charge < -0.3 is 20.3 Å². The maximum absolute atomic E-state index is 12.6. The number of aliphatic imine (C=N–C) groups is 1. The Kier molecular flexibility index (Phi) is 8.10. The average molecular weight is 494 g/mol.